The fourth-order valence-corrected chi connectivity index (χ4v) is 3.07. The molecule has 1 saturated heterocycles. The maximum Gasteiger partial charge on any atom is 0.282 e. The van der Waals surface area contributed by atoms with Crippen LogP contribution in [0.2, 0.25) is 0 Å². The van der Waals surface area contributed by atoms with Gasteiger partial charge in [-0.2, -0.15) is 4.98 Å². The van der Waals surface area contributed by atoms with E-state index in [0.29, 0.717) is 23.0 Å². The highest BCUT2D eigenvalue weighted by molar-refractivity contribution is 5.71. The third-order valence-corrected chi connectivity index (χ3v) is 4.44. The first-order valence-corrected chi connectivity index (χ1v) is 8.22. The summed E-state index contributed by atoms with van der Waals surface area (Å²) in [6.45, 7) is 4.31. The fourth-order valence-electron chi connectivity index (χ4n) is 3.07. The van der Waals surface area contributed by atoms with Crippen LogP contribution in [0.4, 0.5) is 5.95 Å². The molecule has 0 bridgehead atoms. The zero-order valence-corrected chi connectivity index (χ0v) is 14.8. The highest BCUT2D eigenvalue weighted by atomic mass is 16.5. The summed E-state index contributed by atoms with van der Waals surface area (Å²) >= 11 is 0. The van der Waals surface area contributed by atoms with Crippen molar-refractivity contribution in [2.24, 2.45) is 18.0 Å². The van der Waals surface area contributed by atoms with E-state index in [1.807, 2.05) is 18.7 Å². The Morgan fingerprint density at radius 2 is 2.25 bits per heavy atom. The molecule has 0 unspecified atom stereocenters. The lowest BCUT2D eigenvalue weighted by Crippen LogP contribution is -2.20. The number of aliphatic imine (C=N–C) groups is 1. The van der Waals surface area contributed by atoms with Gasteiger partial charge in [-0.25, -0.2) is 9.98 Å². The molecule has 0 spiro atoms. The first kappa shape index (κ1) is 16.6. The average molecular weight is 332 g/mol. The van der Waals surface area contributed by atoms with Crippen LogP contribution in [0, 0.1) is 5.92 Å². The monoisotopic (exact) mass is 332 g/mol. The standard InChI is InChI=1S/C16H24N6O2/c1-6-11-10(2)7-12(24-11)22-9-17-13-14(22)19-16(18-8-20(3)4)21(5)15(13)23/h8-12H,6-7H2,1-5H3/t10-,11-,12-/m1/s1. The number of fused-ring (bicyclic) bond motifs is 1. The zero-order chi connectivity index (χ0) is 17.4. The average Bonchev–Trinajstić information content (AvgIpc) is 3.12. The number of ether oxygens (including phenoxy) is 1. The van der Waals surface area contributed by atoms with Crippen LogP contribution >= 0.6 is 0 Å². The van der Waals surface area contributed by atoms with Gasteiger partial charge in [0.25, 0.3) is 5.56 Å². The minimum atomic E-state index is -0.206. The van der Waals surface area contributed by atoms with Crippen molar-refractivity contribution < 1.29 is 4.74 Å². The van der Waals surface area contributed by atoms with Crippen LogP contribution < -0.4 is 5.56 Å². The van der Waals surface area contributed by atoms with Gasteiger partial charge in [0.1, 0.15) is 6.23 Å². The molecule has 130 valence electrons. The van der Waals surface area contributed by atoms with E-state index in [9.17, 15) is 4.79 Å². The molecule has 0 aliphatic carbocycles. The van der Waals surface area contributed by atoms with E-state index in [-0.39, 0.29) is 17.9 Å². The minimum absolute atomic E-state index is 0.139. The molecule has 3 heterocycles. The van der Waals surface area contributed by atoms with Crippen LogP contribution in [0.5, 0.6) is 0 Å². The number of aromatic nitrogens is 4. The van der Waals surface area contributed by atoms with Crippen molar-refractivity contribution in [3.63, 3.8) is 0 Å². The van der Waals surface area contributed by atoms with Crippen molar-refractivity contribution in [2.75, 3.05) is 14.1 Å². The Morgan fingerprint density at radius 1 is 1.50 bits per heavy atom. The molecular formula is C16H24N6O2. The summed E-state index contributed by atoms with van der Waals surface area (Å²) in [5.41, 5.74) is 0.665. The number of nitrogens with zero attached hydrogens (tertiary/aromatic N) is 6. The van der Waals surface area contributed by atoms with Crippen LogP contribution in [0.1, 0.15) is 32.9 Å². The van der Waals surface area contributed by atoms with Gasteiger partial charge in [0, 0.05) is 21.1 Å². The van der Waals surface area contributed by atoms with E-state index in [4.69, 9.17) is 4.74 Å². The summed E-state index contributed by atoms with van der Waals surface area (Å²) in [6.07, 6.45) is 5.21. The largest absolute Gasteiger partial charge is 0.369 e. The van der Waals surface area contributed by atoms with Crippen LogP contribution in [-0.4, -0.2) is 50.5 Å². The van der Waals surface area contributed by atoms with Crippen LogP contribution in [-0.2, 0) is 11.8 Å². The van der Waals surface area contributed by atoms with Gasteiger partial charge in [-0.05, 0) is 18.8 Å². The number of hydrogen-bond donors (Lipinski definition) is 0. The van der Waals surface area contributed by atoms with Crippen LogP contribution in [0.25, 0.3) is 11.2 Å². The molecule has 8 nitrogen and oxygen atoms in total. The lowest BCUT2D eigenvalue weighted by molar-refractivity contribution is -0.00304. The predicted molar refractivity (Wildman–Crippen MR) is 92.6 cm³/mol. The third kappa shape index (κ3) is 2.82. The lowest BCUT2D eigenvalue weighted by Gasteiger charge is -2.14. The molecular weight excluding hydrogens is 308 g/mol. The van der Waals surface area contributed by atoms with Gasteiger partial charge in [-0.3, -0.25) is 13.9 Å². The molecule has 0 amide bonds. The third-order valence-electron chi connectivity index (χ3n) is 4.44. The van der Waals surface area contributed by atoms with Gasteiger partial charge in [0.05, 0.1) is 18.8 Å². The summed E-state index contributed by atoms with van der Waals surface area (Å²) in [4.78, 5) is 27.4. The molecule has 8 heteroatoms. The van der Waals surface area contributed by atoms with Crippen molar-refractivity contribution in [3.05, 3.63) is 16.7 Å². The second-order valence-electron chi connectivity index (χ2n) is 6.56. The van der Waals surface area contributed by atoms with Crippen molar-refractivity contribution in [2.45, 2.75) is 39.0 Å². The molecule has 24 heavy (non-hydrogen) atoms. The van der Waals surface area contributed by atoms with E-state index >= 15 is 0 Å². The molecule has 0 radical (unpaired) electrons. The molecule has 3 atom stereocenters. The van der Waals surface area contributed by atoms with E-state index < -0.39 is 0 Å². The summed E-state index contributed by atoms with van der Waals surface area (Å²) in [7, 11) is 5.38. The molecule has 3 rings (SSSR count). The Hall–Kier alpha value is -2.22. The van der Waals surface area contributed by atoms with Gasteiger partial charge in [-0.15, -0.1) is 0 Å². The maximum absolute atomic E-state index is 12.5. The first-order chi connectivity index (χ1) is 11.4. The molecule has 0 saturated carbocycles. The predicted octanol–water partition coefficient (Wildman–Crippen LogP) is 1.68. The topological polar surface area (TPSA) is 77.5 Å². The normalized spacial score (nSPS) is 24.3. The Bertz CT molecular complexity index is 822. The summed E-state index contributed by atoms with van der Waals surface area (Å²) in [6, 6.07) is 0. The van der Waals surface area contributed by atoms with Gasteiger partial charge >= 0.3 is 0 Å². The molecule has 1 aliphatic heterocycles. The van der Waals surface area contributed by atoms with Gasteiger partial charge in [0.15, 0.2) is 11.2 Å². The van der Waals surface area contributed by atoms with E-state index in [2.05, 4.69) is 28.8 Å². The molecule has 2 aromatic rings. The summed E-state index contributed by atoms with van der Waals surface area (Å²) < 4.78 is 9.38. The second-order valence-corrected chi connectivity index (χ2v) is 6.56. The van der Waals surface area contributed by atoms with E-state index in [1.165, 1.54) is 4.57 Å². The first-order valence-electron chi connectivity index (χ1n) is 8.22. The van der Waals surface area contributed by atoms with Crippen LogP contribution in [0.3, 0.4) is 0 Å². The van der Waals surface area contributed by atoms with Crippen molar-refractivity contribution in [3.8, 4) is 0 Å². The Balaban J connectivity index is 2.07. The summed E-state index contributed by atoms with van der Waals surface area (Å²) in [5, 5.41) is 0. The molecule has 0 aromatic carbocycles. The molecule has 1 fully saturated rings. The van der Waals surface area contributed by atoms with Gasteiger partial charge in [0.2, 0.25) is 5.95 Å². The van der Waals surface area contributed by atoms with Crippen molar-refractivity contribution in [1.29, 1.82) is 0 Å². The van der Waals surface area contributed by atoms with E-state index in [1.54, 1.807) is 24.6 Å². The Labute approximate surface area is 140 Å². The highest BCUT2D eigenvalue weighted by Crippen LogP contribution is 2.35. The summed E-state index contributed by atoms with van der Waals surface area (Å²) in [5.74, 6) is 0.816. The van der Waals surface area contributed by atoms with Crippen molar-refractivity contribution >= 4 is 23.5 Å². The minimum Gasteiger partial charge on any atom is -0.369 e. The number of hydrogen-bond acceptors (Lipinski definition) is 5. The quantitative estimate of drug-likeness (QED) is 0.629. The molecule has 2 aromatic heterocycles. The second kappa shape index (κ2) is 6.35. The molecule has 0 N–H and O–H groups in total. The van der Waals surface area contributed by atoms with Gasteiger partial charge < -0.3 is 9.64 Å². The maximum atomic E-state index is 12.5. The van der Waals surface area contributed by atoms with E-state index in [0.717, 1.165) is 12.8 Å². The highest BCUT2D eigenvalue weighted by Gasteiger charge is 2.33. The lowest BCUT2D eigenvalue weighted by atomic mass is 10.0. The van der Waals surface area contributed by atoms with Crippen LogP contribution in [0.15, 0.2) is 16.1 Å². The Morgan fingerprint density at radius 3 is 2.88 bits per heavy atom. The number of rotatable bonds is 4. The smallest absolute Gasteiger partial charge is 0.282 e. The zero-order valence-electron chi connectivity index (χ0n) is 14.8. The van der Waals surface area contributed by atoms with Crippen molar-refractivity contribution in [1.82, 2.24) is 24.0 Å². The molecule has 1 aliphatic rings. The number of imidazole rings is 1. The SMILES string of the molecule is CC[C@H]1O[C@@H](n2cnc3c(=O)n(C)c(N=CN(C)C)nc32)C[C@H]1C. The fraction of sp³-hybridized carbons (Fsp3) is 0.625. The Kier molecular flexibility index (Phi) is 4.40. The van der Waals surface area contributed by atoms with Gasteiger partial charge in [-0.1, -0.05) is 13.8 Å².